The van der Waals surface area contributed by atoms with E-state index in [0.29, 0.717) is 17.7 Å². The molecule has 0 radical (unpaired) electrons. The summed E-state index contributed by atoms with van der Waals surface area (Å²) in [5, 5.41) is 7.12. The van der Waals surface area contributed by atoms with Crippen LogP contribution in [-0.4, -0.2) is 33.6 Å². The second-order valence-corrected chi connectivity index (χ2v) is 3.83. The fraction of sp³-hybridized carbons (Fsp3) is 0.714. The molecule has 1 rings (SSSR count). The Labute approximate surface area is 81.4 Å². The van der Waals surface area contributed by atoms with Crippen molar-refractivity contribution in [1.29, 1.82) is 0 Å². The predicted octanol–water partition coefficient (Wildman–Crippen LogP) is 0.904. The summed E-state index contributed by atoms with van der Waals surface area (Å²) in [6.45, 7) is 4.72. The van der Waals surface area contributed by atoms with E-state index < -0.39 is 0 Å². The zero-order valence-electron chi connectivity index (χ0n) is 7.78. The van der Waals surface area contributed by atoms with Gasteiger partial charge in [0.2, 0.25) is 11.1 Å². The summed E-state index contributed by atoms with van der Waals surface area (Å²) in [6.07, 6.45) is 0.276. The van der Waals surface area contributed by atoms with E-state index in [9.17, 15) is 0 Å². The zero-order valence-corrected chi connectivity index (χ0v) is 8.60. The highest BCUT2D eigenvalue weighted by molar-refractivity contribution is 7.99. The molecule has 74 valence electrons. The van der Waals surface area contributed by atoms with Gasteiger partial charge in [0, 0.05) is 5.75 Å². The monoisotopic (exact) mass is 202 g/mol. The van der Waals surface area contributed by atoms with E-state index in [1.165, 1.54) is 11.8 Å². The van der Waals surface area contributed by atoms with E-state index in [-0.39, 0.29) is 6.10 Å². The lowest BCUT2D eigenvalue weighted by atomic mass is 10.5. The average Bonchev–Trinajstić information content (AvgIpc) is 2.45. The molecule has 0 fully saturated rings. The summed E-state index contributed by atoms with van der Waals surface area (Å²) in [5.74, 6) is 1.20. The molecular formula is C7H14N4OS. The molecule has 1 aromatic rings. The van der Waals surface area contributed by atoms with E-state index >= 15 is 0 Å². The maximum absolute atomic E-state index is 5.36. The Balaban J connectivity index is 2.13. The quantitative estimate of drug-likeness (QED) is 0.548. The van der Waals surface area contributed by atoms with Crippen LogP contribution in [0, 0.1) is 0 Å². The molecule has 0 unspecified atom stereocenters. The van der Waals surface area contributed by atoms with Crippen LogP contribution in [-0.2, 0) is 4.74 Å². The minimum absolute atomic E-state index is 0.276. The minimum atomic E-state index is 0.276. The highest BCUT2D eigenvalue weighted by atomic mass is 32.2. The van der Waals surface area contributed by atoms with Gasteiger partial charge in [-0.2, -0.15) is 4.98 Å². The second kappa shape index (κ2) is 5.08. The van der Waals surface area contributed by atoms with Crippen molar-refractivity contribution in [2.24, 2.45) is 0 Å². The molecule has 0 aliphatic rings. The van der Waals surface area contributed by atoms with E-state index in [1.807, 2.05) is 13.8 Å². The molecule has 1 heterocycles. The first-order valence-corrected chi connectivity index (χ1v) is 5.09. The van der Waals surface area contributed by atoms with Crippen LogP contribution in [0.4, 0.5) is 5.95 Å². The van der Waals surface area contributed by atoms with Gasteiger partial charge in [0.05, 0.1) is 12.7 Å². The van der Waals surface area contributed by atoms with Gasteiger partial charge in [-0.25, -0.2) is 5.10 Å². The first-order valence-electron chi connectivity index (χ1n) is 4.10. The largest absolute Gasteiger partial charge is 0.378 e. The average molecular weight is 202 g/mol. The van der Waals surface area contributed by atoms with E-state index in [1.54, 1.807) is 0 Å². The molecule has 0 saturated heterocycles. The van der Waals surface area contributed by atoms with E-state index in [4.69, 9.17) is 10.5 Å². The Morgan fingerprint density at radius 2 is 2.38 bits per heavy atom. The van der Waals surface area contributed by atoms with Crippen LogP contribution in [0.3, 0.4) is 0 Å². The molecule has 0 amide bonds. The zero-order chi connectivity index (χ0) is 9.68. The molecule has 0 bridgehead atoms. The molecule has 6 heteroatoms. The number of aromatic nitrogens is 3. The molecule has 0 saturated carbocycles. The van der Waals surface area contributed by atoms with Gasteiger partial charge in [-0.15, -0.1) is 5.10 Å². The molecule has 1 aromatic heterocycles. The van der Waals surface area contributed by atoms with Crippen molar-refractivity contribution in [3.8, 4) is 0 Å². The molecule has 5 nitrogen and oxygen atoms in total. The van der Waals surface area contributed by atoms with Gasteiger partial charge in [0.15, 0.2) is 0 Å². The fourth-order valence-corrected chi connectivity index (χ4v) is 1.37. The van der Waals surface area contributed by atoms with Crippen LogP contribution >= 0.6 is 11.8 Å². The van der Waals surface area contributed by atoms with Crippen molar-refractivity contribution >= 4 is 17.7 Å². The van der Waals surface area contributed by atoms with E-state index in [2.05, 4.69) is 15.2 Å². The number of hydrogen-bond acceptors (Lipinski definition) is 5. The Bertz CT molecular complexity index is 250. The number of rotatable bonds is 5. The maximum atomic E-state index is 5.36. The normalized spacial score (nSPS) is 11.0. The van der Waals surface area contributed by atoms with Crippen molar-refractivity contribution in [3.05, 3.63) is 0 Å². The van der Waals surface area contributed by atoms with Crippen molar-refractivity contribution in [2.45, 2.75) is 25.1 Å². The third-order valence-corrected chi connectivity index (χ3v) is 2.06. The molecule has 0 aliphatic carbocycles. The van der Waals surface area contributed by atoms with Gasteiger partial charge < -0.3 is 10.5 Å². The summed E-state index contributed by atoms with van der Waals surface area (Å²) in [6, 6.07) is 0. The van der Waals surface area contributed by atoms with Gasteiger partial charge in [-0.1, -0.05) is 11.8 Å². The van der Waals surface area contributed by atoms with Crippen molar-refractivity contribution < 1.29 is 4.74 Å². The van der Waals surface area contributed by atoms with Crippen molar-refractivity contribution in [3.63, 3.8) is 0 Å². The van der Waals surface area contributed by atoms with Gasteiger partial charge in [0.1, 0.15) is 0 Å². The van der Waals surface area contributed by atoms with Crippen LogP contribution in [0.15, 0.2) is 5.16 Å². The van der Waals surface area contributed by atoms with E-state index in [0.717, 1.165) is 5.75 Å². The standard InChI is InChI=1S/C7H14N4OS/c1-5(2)12-3-4-13-7-9-6(8)10-11-7/h5H,3-4H2,1-2H3,(H3,8,9,10,11). The number of nitrogens with one attached hydrogen (secondary N) is 1. The van der Waals surface area contributed by atoms with Gasteiger partial charge in [-0.05, 0) is 13.8 Å². The predicted molar refractivity (Wildman–Crippen MR) is 52.6 cm³/mol. The first-order chi connectivity index (χ1) is 6.18. The number of aromatic amines is 1. The third-order valence-electron chi connectivity index (χ3n) is 1.25. The number of nitrogens with two attached hydrogens (primary N) is 1. The Kier molecular flexibility index (Phi) is 4.04. The maximum Gasteiger partial charge on any atom is 0.216 e. The summed E-state index contributed by atoms with van der Waals surface area (Å²) in [4.78, 5) is 3.95. The molecule has 13 heavy (non-hydrogen) atoms. The molecule has 0 spiro atoms. The van der Waals surface area contributed by atoms with Crippen LogP contribution < -0.4 is 5.73 Å². The SMILES string of the molecule is CC(C)OCCSc1n[nH]c(N)n1. The molecule has 0 atom stereocenters. The van der Waals surface area contributed by atoms with Gasteiger partial charge >= 0.3 is 0 Å². The molecule has 3 N–H and O–H groups in total. The second-order valence-electron chi connectivity index (χ2n) is 2.77. The molecule has 0 aliphatic heterocycles. The lowest BCUT2D eigenvalue weighted by Gasteiger charge is -2.04. The first kappa shape index (κ1) is 10.3. The summed E-state index contributed by atoms with van der Waals surface area (Å²) >= 11 is 1.52. The molecule has 0 aromatic carbocycles. The van der Waals surface area contributed by atoms with Crippen LogP contribution in [0.25, 0.3) is 0 Å². The highest BCUT2D eigenvalue weighted by Crippen LogP contribution is 2.12. The number of ether oxygens (including phenoxy) is 1. The molecular weight excluding hydrogens is 188 g/mol. The van der Waals surface area contributed by atoms with Crippen molar-refractivity contribution in [1.82, 2.24) is 15.2 Å². The lowest BCUT2D eigenvalue weighted by molar-refractivity contribution is 0.0920. The number of thioether (sulfide) groups is 1. The smallest absolute Gasteiger partial charge is 0.216 e. The number of H-pyrrole nitrogens is 1. The summed E-state index contributed by atoms with van der Waals surface area (Å²) < 4.78 is 5.35. The number of hydrogen-bond donors (Lipinski definition) is 2. The Morgan fingerprint density at radius 3 is 2.92 bits per heavy atom. The number of nitrogens with zero attached hydrogens (tertiary/aromatic N) is 2. The van der Waals surface area contributed by atoms with Crippen LogP contribution in [0.2, 0.25) is 0 Å². The minimum Gasteiger partial charge on any atom is -0.378 e. The van der Waals surface area contributed by atoms with Gasteiger partial charge in [0.25, 0.3) is 0 Å². The topological polar surface area (TPSA) is 76.8 Å². The number of anilines is 1. The van der Waals surface area contributed by atoms with Crippen LogP contribution in [0.5, 0.6) is 0 Å². The Morgan fingerprint density at radius 1 is 1.62 bits per heavy atom. The highest BCUT2D eigenvalue weighted by Gasteiger charge is 2.00. The summed E-state index contributed by atoms with van der Waals surface area (Å²) in [7, 11) is 0. The summed E-state index contributed by atoms with van der Waals surface area (Å²) in [5.41, 5.74) is 5.36. The lowest BCUT2D eigenvalue weighted by Crippen LogP contribution is -2.05. The fourth-order valence-electron chi connectivity index (χ4n) is 0.739. The van der Waals surface area contributed by atoms with Crippen molar-refractivity contribution in [2.75, 3.05) is 18.1 Å². The number of nitrogen functional groups attached to an aromatic ring is 1. The van der Waals surface area contributed by atoms with Gasteiger partial charge in [-0.3, -0.25) is 0 Å². The Hall–Kier alpha value is -0.750. The third kappa shape index (κ3) is 4.14. The van der Waals surface area contributed by atoms with Crippen LogP contribution in [0.1, 0.15) is 13.8 Å².